The second-order valence-electron chi connectivity index (χ2n) is 3.56. The third-order valence-electron chi connectivity index (χ3n) is 1.65. The van der Waals surface area contributed by atoms with Gasteiger partial charge in [-0.2, -0.15) is 0 Å². The van der Waals surface area contributed by atoms with Crippen molar-refractivity contribution in [2.45, 2.75) is 27.7 Å². The van der Waals surface area contributed by atoms with Gasteiger partial charge in [0, 0.05) is 0 Å². The van der Waals surface area contributed by atoms with Gasteiger partial charge in [-0.25, -0.2) is 0 Å². The van der Waals surface area contributed by atoms with Crippen molar-refractivity contribution in [1.82, 2.24) is 0 Å². The molecule has 0 spiro atoms. The fraction of sp³-hybridized carbons (Fsp3) is 0.333. The molecule has 0 rings (SSSR count). The topological polar surface area (TPSA) is 0 Å². The zero-order chi connectivity index (χ0) is 11.5. The van der Waals surface area contributed by atoms with E-state index in [9.17, 15) is 0 Å². The van der Waals surface area contributed by atoms with Crippen LogP contribution < -0.4 is 0 Å². The molecular weight excluding hydrogens is 388 g/mol. The molecule has 0 saturated heterocycles. The molecule has 0 aliphatic rings. The predicted octanol–water partition coefficient (Wildman–Crippen LogP) is 3.52. The Morgan fingerprint density at radius 3 is 0.786 bits per heavy atom. The Bertz CT molecular complexity index is 229. The maximum atomic E-state index is 4.15. The van der Waals surface area contributed by atoms with Crippen LogP contribution in [0.25, 0.3) is 0 Å². The molecule has 2 heteroatoms. The van der Waals surface area contributed by atoms with E-state index in [1.807, 2.05) is 0 Å². The molecule has 0 saturated carbocycles. The molecule has 0 bridgehead atoms. The van der Waals surface area contributed by atoms with Gasteiger partial charge in [0.05, 0.1) is 0 Å². The van der Waals surface area contributed by atoms with E-state index in [0.717, 1.165) is 0 Å². The molecule has 0 aromatic heterocycles. The molecule has 0 atom stereocenters. The summed E-state index contributed by atoms with van der Waals surface area (Å²) < 4.78 is 5.59. The standard InChI is InChI=1S/4C3H5.2Sb/c4*1-3-2;;/h4*1H2,2H3;;. The van der Waals surface area contributed by atoms with Crippen LogP contribution in [0.2, 0.25) is 0 Å². The van der Waals surface area contributed by atoms with E-state index in [0.29, 0.717) is 0 Å². The van der Waals surface area contributed by atoms with Gasteiger partial charge in [-0.05, 0) is 0 Å². The monoisotopic (exact) mass is 406 g/mol. The van der Waals surface area contributed by atoms with Crippen LogP contribution in [0.4, 0.5) is 0 Å². The van der Waals surface area contributed by atoms with Crippen LogP contribution in [0.5, 0.6) is 0 Å². The number of hydrogen-bond donors (Lipinski definition) is 0. The fourth-order valence-electron chi connectivity index (χ4n) is 1.33. The summed E-state index contributed by atoms with van der Waals surface area (Å²) in [5.41, 5.74) is 0. The SMILES string of the molecule is C=[C](C)[Sb]([C](=C)C)[Sb]([C](=C)C)[C](=C)C. The molecule has 0 heterocycles. The first-order chi connectivity index (χ1) is 6.29. The quantitative estimate of drug-likeness (QED) is 0.612. The van der Waals surface area contributed by atoms with Crippen LogP contribution in [0, 0.1) is 0 Å². The molecule has 0 aliphatic carbocycles. The molecule has 0 aromatic carbocycles. The first-order valence-electron chi connectivity index (χ1n) is 4.51. The van der Waals surface area contributed by atoms with Gasteiger partial charge in [0.2, 0.25) is 0 Å². The van der Waals surface area contributed by atoms with E-state index < -0.39 is 32.1 Å². The van der Waals surface area contributed by atoms with E-state index in [1.165, 1.54) is 14.1 Å². The Labute approximate surface area is 99.2 Å². The van der Waals surface area contributed by atoms with Crippen LogP contribution in [-0.4, -0.2) is 32.1 Å². The summed E-state index contributed by atoms with van der Waals surface area (Å²) in [6.07, 6.45) is 0. The van der Waals surface area contributed by atoms with Crippen molar-refractivity contribution >= 4 is 32.1 Å². The maximum absolute atomic E-state index is 4.15. The van der Waals surface area contributed by atoms with Crippen molar-refractivity contribution in [3.63, 3.8) is 0 Å². The number of allylic oxidation sites excluding steroid dienone is 4. The second-order valence-corrected chi connectivity index (χ2v) is 31.2. The van der Waals surface area contributed by atoms with E-state index in [1.54, 1.807) is 0 Å². The zero-order valence-corrected chi connectivity index (χ0v) is 14.8. The van der Waals surface area contributed by atoms with Gasteiger partial charge in [-0.3, -0.25) is 0 Å². The Hall–Kier alpha value is 0.596. The molecular formula is C12H20Sb2. The first kappa shape index (κ1) is 14.6. The Kier molecular flexibility index (Phi) is 6.50. The Morgan fingerprint density at radius 1 is 0.571 bits per heavy atom. The normalized spacial score (nSPS) is 10.4. The average Bonchev–Trinajstić information content (AvgIpc) is 1.96. The van der Waals surface area contributed by atoms with Crippen LogP contribution >= 0.6 is 0 Å². The van der Waals surface area contributed by atoms with Crippen molar-refractivity contribution in [2.75, 3.05) is 0 Å². The van der Waals surface area contributed by atoms with Gasteiger partial charge in [-0.15, -0.1) is 0 Å². The average molecular weight is 408 g/mol. The van der Waals surface area contributed by atoms with Crippen molar-refractivity contribution in [2.24, 2.45) is 0 Å². The third-order valence-corrected chi connectivity index (χ3v) is 44.8. The zero-order valence-electron chi connectivity index (χ0n) is 9.72. The molecule has 78 valence electrons. The number of rotatable bonds is 5. The van der Waals surface area contributed by atoms with Gasteiger partial charge < -0.3 is 0 Å². The third kappa shape index (κ3) is 3.99. The predicted molar refractivity (Wildman–Crippen MR) is 70.8 cm³/mol. The molecule has 0 amide bonds. The molecule has 0 radical (unpaired) electrons. The minimum atomic E-state index is -1.49. The van der Waals surface area contributed by atoms with Crippen LogP contribution in [0.3, 0.4) is 0 Å². The van der Waals surface area contributed by atoms with E-state index in [2.05, 4.69) is 54.0 Å². The second kappa shape index (κ2) is 6.24. The van der Waals surface area contributed by atoms with E-state index in [-0.39, 0.29) is 0 Å². The van der Waals surface area contributed by atoms with E-state index in [4.69, 9.17) is 0 Å². The van der Waals surface area contributed by atoms with Crippen molar-refractivity contribution in [3.05, 3.63) is 40.4 Å². The molecule has 0 unspecified atom stereocenters. The van der Waals surface area contributed by atoms with Crippen molar-refractivity contribution in [1.29, 1.82) is 0 Å². The first-order valence-corrected chi connectivity index (χ1v) is 18.4. The van der Waals surface area contributed by atoms with E-state index >= 15 is 0 Å². The molecule has 0 aromatic rings. The molecule has 0 aliphatic heterocycles. The summed E-state index contributed by atoms with van der Waals surface area (Å²) in [5.74, 6) is 0. The summed E-state index contributed by atoms with van der Waals surface area (Å²) in [6.45, 7) is 25.3. The summed E-state index contributed by atoms with van der Waals surface area (Å²) >= 11 is -2.98. The van der Waals surface area contributed by atoms with Gasteiger partial charge >= 0.3 is 100 Å². The van der Waals surface area contributed by atoms with Gasteiger partial charge in [0.15, 0.2) is 0 Å². The minimum absolute atomic E-state index is 1.40. The molecule has 0 nitrogen and oxygen atoms in total. The van der Waals surface area contributed by atoms with Gasteiger partial charge in [0.25, 0.3) is 0 Å². The van der Waals surface area contributed by atoms with Crippen LogP contribution in [0.15, 0.2) is 40.4 Å². The summed E-state index contributed by atoms with van der Waals surface area (Å²) in [4.78, 5) is 0. The number of hydrogen-bond acceptors (Lipinski definition) is 0. The molecule has 14 heavy (non-hydrogen) atoms. The summed E-state index contributed by atoms with van der Waals surface area (Å²) in [5, 5.41) is 0. The molecule has 0 fully saturated rings. The van der Waals surface area contributed by atoms with Crippen LogP contribution in [-0.2, 0) is 0 Å². The van der Waals surface area contributed by atoms with Gasteiger partial charge in [-0.1, -0.05) is 0 Å². The van der Waals surface area contributed by atoms with Crippen LogP contribution in [0.1, 0.15) is 27.7 Å². The Balaban J connectivity index is 5.13. The Morgan fingerprint density at radius 2 is 0.714 bits per heavy atom. The van der Waals surface area contributed by atoms with Gasteiger partial charge in [0.1, 0.15) is 0 Å². The molecule has 0 N–H and O–H groups in total. The van der Waals surface area contributed by atoms with Crippen molar-refractivity contribution < 1.29 is 0 Å². The summed E-state index contributed by atoms with van der Waals surface area (Å²) in [6, 6.07) is 0. The summed E-state index contributed by atoms with van der Waals surface area (Å²) in [7, 11) is 0. The fourth-order valence-corrected chi connectivity index (χ4v) is 35.1. The van der Waals surface area contributed by atoms with Crippen molar-refractivity contribution in [3.8, 4) is 0 Å².